The van der Waals surface area contributed by atoms with Crippen LogP contribution in [0.4, 0.5) is 18.9 Å². The van der Waals surface area contributed by atoms with E-state index in [-0.39, 0.29) is 28.5 Å². The van der Waals surface area contributed by atoms with Gasteiger partial charge in [0.1, 0.15) is 0 Å². The zero-order chi connectivity index (χ0) is 14.8. The van der Waals surface area contributed by atoms with Gasteiger partial charge >= 0.3 is 6.18 Å². The van der Waals surface area contributed by atoms with Crippen molar-refractivity contribution in [2.75, 3.05) is 11.9 Å². The number of carbonyl (C=O) groups is 1. The van der Waals surface area contributed by atoms with Crippen molar-refractivity contribution in [1.82, 2.24) is 5.32 Å². The maximum atomic E-state index is 12.7. The highest BCUT2D eigenvalue weighted by Gasteiger charge is 2.33. The van der Waals surface area contributed by atoms with Crippen LogP contribution in [0.2, 0.25) is 0 Å². The molecule has 3 nitrogen and oxygen atoms in total. The highest BCUT2D eigenvalue weighted by Crippen LogP contribution is 2.36. The van der Waals surface area contributed by atoms with E-state index in [1.165, 1.54) is 12.1 Å². The summed E-state index contributed by atoms with van der Waals surface area (Å²) >= 11 is 2.86. The van der Waals surface area contributed by atoms with E-state index in [0.717, 1.165) is 25.5 Å². The number of nitrogens with one attached hydrogen (secondary N) is 2. The van der Waals surface area contributed by atoms with E-state index >= 15 is 0 Å². The highest BCUT2D eigenvalue weighted by atomic mass is 79.9. The smallest absolute Gasteiger partial charge is 0.326 e. The topological polar surface area (TPSA) is 41.1 Å². The third-order valence-corrected chi connectivity index (χ3v) is 3.84. The molecule has 2 rings (SSSR count). The van der Waals surface area contributed by atoms with Crippen molar-refractivity contribution in [3.8, 4) is 0 Å². The fourth-order valence-corrected chi connectivity index (χ4v) is 2.66. The molecule has 1 unspecified atom stereocenters. The molecule has 20 heavy (non-hydrogen) atoms. The van der Waals surface area contributed by atoms with Crippen LogP contribution in [0.3, 0.4) is 0 Å². The van der Waals surface area contributed by atoms with E-state index in [9.17, 15) is 18.0 Å². The molecule has 1 saturated heterocycles. The molecule has 1 atom stereocenters. The van der Waals surface area contributed by atoms with Gasteiger partial charge in [0.2, 0.25) is 5.91 Å². The Bertz CT molecular complexity index is 499. The SMILES string of the molecule is O=C(CC1CCCN1)Nc1ccc(Br)c(C(F)(F)F)c1. The van der Waals surface area contributed by atoms with Crippen molar-refractivity contribution in [2.45, 2.75) is 31.5 Å². The van der Waals surface area contributed by atoms with Crippen LogP contribution in [-0.2, 0) is 11.0 Å². The average Bonchev–Trinajstić information content (AvgIpc) is 2.83. The summed E-state index contributed by atoms with van der Waals surface area (Å²) in [6, 6.07) is 3.78. The normalized spacial score (nSPS) is 19.1. The molecule has 1 amide bonds. The van der Waals surface area contributed by atoms with E-state index in [1.54, 1.807) is 0 Å². The maximum Gasteiger partial charge on any atom is 0.417 e. The molecular formula is C13H14BrF3N2O. The van der Waals surface area contributed by atoms with Crippen molar-refractivity contribution in [3.05, 3.63) is 28.2 Å². The second-order valence-corrected chi connectivity index (χ2v) is 5.59. The standard InChI is InChI=1S/C13H14BrF3N2O/c14-11-4-3-9(6-10(11)13(15,16)17)19-12(20)7-8-2-1-5-18-8/h3-4,6,8,18H,1-2,5,7H2,(H,19,20). The number of hydrogen-bond acceptors (Lipinski definition) is 2. The first-order valence-corrected chi connectivity index (χ1v) is 7.05. The molecule has 0 saturated carbocycles. The minimum Gasteiger partial charge on any atom is -0.326 e. The van der Waals surface area contributed by atoms with Crippen LogP contribution in [0, 0.1) is 0 Å². The third kappa shape index (κ3) is 3.96. The summed E-state index contributed by atoms with van der Waals surface area (Å²) in [6.45, 7) is 0.883. The number of anilines is 1. The van der Waals surface area contributed by atoms with Gasteiger partial charge in [-0.1, -0.05) is 15.9 Å². The zero-order valence-electron chi connectivity index (χ0n) is 10.6. The Hall–Kier alpha value is -1.08. The number of hydrogen-bond donors (Lipinski definition) is 2. The lowest BCUT2D eigenvalue weighted by Crippen LogP contribution is -2.27. The van der Waals surface area contributed by atoms with Crippen LogP contribution < -0.4 is 10.6 Å². The van der Waals surface area contributed by atoms with Gasteiger partial charge in [-0.15, -0.1) is 0 Å². The fraction of sp³-hybridized carbons (Fsp3) is 0.462. The molecule has 110 valence electrons. The van der Waals surface area contributed by atoms with Gasteiger partial charge in [-0.2, -0.15) is 13.2 Å². The van der Waals surface area contributed by atoms with E-state index in [0.29, 0.717) is 0 Å². The predicted molar refractivity (Wildman–Crippen MR) is 73.4 cm³/mol. The quantitative estimate of drug-likeness (QED) is 0.875. The fourth-order valence-electron chi connectivity index (χ4n) is 2.19. The molecule has 0 aromatic heterocycles. The van der Waals surface area contributed by atoms with Gasteiger partial charge < -0.3 is 10.6 Å². The number of halogens is 4. The van der Waals surface area contributed by atoms with E-state index in [4.69, 9.17) is 0 Å². The Balaban J connectivity index is 2.04. The lowest BCUT2D eigenvalue weighted by atomic mass is 10.1. The molecule has 0 bridgehead atoms. The molecule has 1 aliphatic heterocycles. The first kappa shape index (κ1) is 15.3. The lowest BCUT2D eigenvalue weighted by Gasteiger charge is -2.13. The Labute approximate surface area is 123 Å². The number of carbonyl (C=O) groups excluding carboxylic acids is 1. The summed E-state index contributed by atoms with van der Waals surface area (Å²) in [7, 11) is 0. The summed E-state index contributed by atoms with van der Waals surface area (Å²) in [5.74, 6) is -0.278. The van der Waals surface area contributed by atoms with Crippen molar-refractivity contribution in [2.24, 2.45) is 0 Å². The number of amides is 1. The molecule has 7 heteroatoms. The second kappa shape index (κ2) is 6.13. The summed E-state index contributed by atoms with van der Waals surface area (Å²) in [6.07, 6.45) is -2.24. The molecule has 0 aliphatic carbocycles. The Morgan fingerprint density at radius 3 is 2.80 bits per heavy atom. The Morgan fingerprint density at radius 2 is 2.20 bits per heavy atom. The van der Waals surface area contributed by atoms with Crippen LogP contribution in [0.15, 0.2) is 22.7 Å². The molecule has 1 aromatic rings. The van der Waals surface area contributed by atoms with Gasteiger partial charge in [-0.05, 0) is 37.6 Å². The minimum absolute atomic E-state index is 0.0412. The largest absolute Gasteiger partial charge is 0.417 e. The van der Waals surface area contributed by atoms with Crippen molar-refractivity contribution < 1.29 is 18.0 Å². The molecule has 2 N–H and O–H groups in total. The zero-order valence-corrected chi connectivity index (χ0v) is 12.1. The van der Waals surface area contributed by atoms with Crippen LogP contribution >= 0.6 is 15.9 Å². The third-order valence-electron chi connectivity index (χ3n) is 3.15. The van der Waals surface area contributed by atoms with Gasteiger partial charge in [-0.3, -0.25) is 4.79 Å². The number of rotatable bonds is 3. The Morgan fingerprint density at radius 1 is 1.45 bits per heavy atom. The average molecular weight is 351 g/mol. The van der Waals surface area contributed by atoms with E-state index in [1.807, 2.05) is 0 Å². The summed E-state index contributed by atoms with van der Waals surface area (Å²) in [4.78, 5) is 11.8. The summed E-state index contributed by atoms with van der Waals surface area (Å²) in [5, 5.41) is 5.68. The number of benzene rings is 1. The van der Waals surface area contributed by atoms with Gasteiger partial charge in [0.05, 0.1) is 5.56 Å². The minimum atomic E-state index is -4.45. The van der Waals surface area contributed by atoms with Crippen LogP contribution in [0.25, 0.3) is 0 Å². The van der Waals surface area contributed by atoms with E-state index in [2.05, 4.69) is 26.6 Å². The summed E-state index contributed by atoms with van der Waals surface area (Å²) in [5.41, 5.74) is -0.641. The van der Waals surface area contributed by atoms with Crippen molar-refractivity contribution in [1.29, 1.82) is 0 Å². The van der Waals surface area contributed by atoms with Gasteiger partial charge in [-0.25, -0.2) is 0 Å². The molecular weight excluding hydrogens is 337 g/mol. The summed E-state index contributed by atoms with van der Waals surface area (Å²) < 4.78 is 38.2. The van der Waals surface area contributed by atoms with Crippen molar-refractivity contribution in [3.63, 3.8) is 0 Å². The number of alkyl halides is 3. The molecule has 1 heterocycles. The predicted octanol–water partition coefficient (Wildman–Crippen LogP) is 3.55. The van der Waals surface area contributed by atoms with Gasteiger partial charge in [0.15, 0.2) is 0 Å². The van der Waals surface area contributed by atoms with E-state index < -0.39 is 11.7 Å². The highest BCUT2D eigenvalue weighted by molar-refractivity contribution is 9.10. The molecule has 0 radical (unpaired) electrons. The molecule has 1 aliphatic rings. The maximum absolute atomic E-state index is 12.7. The van der Waals surface area contributed by atoms with Crippen LogP contribution in [-0.4, -0.2) is 18.5 Å². The van der Waals surface area contributed by atoms with Crippen molar-refractivity contribution >= 4 is 27.5 Å². The Kier molecular flexibility index (Phi) is 4.70. The lowest BCUT2D eigenvalue weighted by molar-refractivity contribution is -0.138. The van der Waals surface area contributed by atoms with Gasteiger partial charge in [0.25, 0.3) is 0 Å². The monoisotopic (exact) mass is 350 g/mol. The first-order chi connectivity index (χ1) is 9.36. The second-order valence-electron chi connectivity index (χ2n) is 4.74. The molecule has 1 aromatic carbocycles. The van der Waals surface area contributed by atoms with Crippen LogP contribution in [0.5, 0.6) is 0 Å². The first-order valence-electron chi connectivity index (χ1n) is 6.26. The molecule has 1 fully saturated rings. The molecule has 0 spiro atoms. The van der Waals surface area contributed by atoms with Gasteiger partial charge in [0, 0.05) is 22.6 Å². The van der Waals surface area contributed by atoms with Crippen LogP contribution in [0.1, 0.15) is 24.8 Å².